The van der Waals surface area contributed by atoms with E-state index in [-0.39, 0.29) is 5.24 Å². The maximum atomic E-state index is 10.7. The van der Waals surface area contributed by atoms with Crippen molar-refractivity contribution in [2.75, 3.05) is 0 Å². The standard InChI is InChI=1S/C14H13ClO/c15-14(16)10-4-8-12-7-3-6-11-5-1-2-9-13(11)12/h1-3,5-7,9H,4,8,10H2. The van der Waals surface area contributed by atoms with Crippen LogP contribution in [0.15, 0.2) is 42.5 Å². The van der Waals surface area contributed by atoms with Crippen molar-refractivity contribution in [1.82, 2.24) is 0 Å². The van der Waals surface area contributed by atoms with E-state index in [0.29, 0.717) is 6.42 Å². The second kappa shape index (κ2) is 5.13. The second-order valence-electron chi connectivity index (χ2n) is 3.85. The summed E-state index contributed by atoms with van der Waals surface area (Å²) in [6.45, 7) is 0. The molecule has 0 saturated heterocycles. The van der Waals surface area contributed by atoms with Crippen molar-refractivity contribution < 1.29 is 4.79 Å². The van der Waals surface area contributed by atoms with Crippen LogP contribution in [0.4, 0.5) is 0 Å². The van der Waals surface area contributed by atoms with E-state index >= 15 is 0 Å². The highest BCUT2D eigenvalue weighted by molar-refractivity contribution is 6.63. The van der Waals surface area contributed by atoms with E-state index in [1.807, 2.05) is 12.1 Å². The number of aryl methyl sites for hydroxylation is 1. The first kappa shape index (κ1) is 11.2. The largest absolute Gasteiger partial charge is 0.281 e. The van der Waals surface area contributed by atoms with E-state index in [9.17, 15) is 4.79 Å². The normalized spacial score (nSPS) is 10.6. The molecule has 2 heteroatoms. The fourth-order valence-electron chi connectivity index (χ4n) is 1.93. The lowest BCUT2D eigenvalue weighted by atomic mass is 10.0. The second-order valence-corrected chi connectivity index (χ2v) is 4.27. The average Bonchev–Trinajstić information content (AvgIpc) is 2.29. The van der Waals surface area contributed by atoms with Gasteiger partial charge >= 0.3 is 0 Å². The fraction of sp³-hybridized carbons (Fsp3) is 0.214. The minimum atomic E-state index is -0.250. The number of carbonyl (C=O) groups is 1. The van der Waals surface area contributed by atoms with Crippen LogP contribution < -0.4 is 0 Å². The van der Waals surface area contributed by atoms with Gasteiger partial charge in [-0.2, -0.15) is 0 Å². The van der Waals surface area contributed by atoms with E-state index in [2.05, 4.69) is 30.3 Å². The Bertz CT molecular complexity index is 500. The zero-order valence-electron chi connectivity index (χ0n) is 8.95. The molecule has 0 unspecified atom stereocenters. The van der Waals surface area contributed by atoms with Gasteiger partial charge in [0, 0.05) is 6.42 Å². The first-order valence-electron chi connectivity index (χ1n) is 5.42. The third-order valence-electron chi connectivity index (χ3n) is 2.70. The van der Waals surface area contributed by atoms with Gasteiger partial charge in [0.15, 0.2) is 0 Å². The molecule has 0 N–H and O–H groups in total. The average molecular weight is 233 g/mol. The Morgan fingerprint density at radius 1 is 1.06 bits per heavy atom. The summed E-state index contributed by atoms with van der Waals surface area (Å²) in [7, 11) is 0. The summed E-state index contributed by atoms with van der Waals surface area (Å²) >= 11 is 5.32. The van der Waals surface area contributed by atoms with Crippen molar-refractivity contribution in [2.24, 2.45) is 0 Å². The fourth-order valence-corrected chi connectivity index (χ4v) is 2.06. The first-order chi connectivity index (χ1) is 7.77. The maximum absolute atomic E-state index is 10.7. The van der Waals surface area contributed by atoms with Gasteiger partial charge in [0.1, 0.15) is 0 Å². The van der Waals surface area contributed by atoms with Gasteiger partial charge in [0.05, 0.1) is 0 Å². The minimum Gasteiger partial charge on any atom is -0.281 e. The molecule has 2 rings (SSSR count). The Morgan fingerprint density at radius 2 is 1.81 bits per heavy atom. The van der Waals surface area contributed by atoms with Crippen LogP contribution in [-0.2, 0) is 11.2 Å². The van der Waals surface area contributed by atoms with Crippen LogP contribution in [0.25, 0.3) is 10.8 Å². The van der Waals surface area contributed by atoms with Gasteiger partial charge in [-0.1, -0.05) is 42.5 Å². The van der Waals surface area contributed by atoms with Crippen molar-refractivity contribution >= 4 is 27.6 Å². The predicted molar refractivity (Wildman–Crippen MR) is 67.7 cm³/mol. The van der Waals surface area contributed by atoms with Gasteiger partial charge in [-0.05, 0) is 40.8 Å². The molecule has 0 amide bonds. The molecule has 2 aromatic carbocycles. The molecule has 0 aliphatic carbocycles. The topological polar surface area (TPSA) is 17.1 Å². The Hall–Kier alpha value is -1.34. The van der Waals surface area contributed by atoms with E-state index < -0.39 is 0 Å². The number of rotatable bonds is 4. The molecular formula is C14H13ClO. The van der Waals surface area contributed by atoms with Crippen molar-refractivity contribution in [2.45, 2.75) is 19.3 Å². The lowest BCUT2D eigenvalue weighted by molar-refractivity contribution is -0.111. The highest BCUT2D eigenvalue weighted by Crippen LogP contribution is 2.20. The molecule has 0 spiro atoms. The highest BCUT2D eigenvalue weighted by atomic mass is 35.5. The van der Waals surface area contributed by atoms with Crippen LogP contribution in [0.3, 0.4) is 0 Å². The van der Waals surface area contributed by atoms with Crippen molar-refractivity contribution in [3.8, 4) is 0 Å². The summed E-state index contributed by atoms with van der Waals surface area (Å²) < 4.78 is 0. The number of hydrogen-bond donors (Lipinski definition) is 0. The molecule has 0 aliphatic rings. The van der Waals surface area contributed by atoms with E-state index in [1.165, 1.54) is 16.3 Å². The van der Waals surface area contributed by atoms with Crippen LogP contribution in [-0.4, -0.2) is 5.24 Å². The number of hydrogen-bond acceptors (Lipinski definition) is 1. The Kier molecular flexibility index (Phi) is 3.58. The van der Waals surface area contributed by atoms with Crippen LogP contribution in [0, 0.1) is 0 Å². The molecule has 0 heterocycles. The number of benzene rings is 2. The summed E-state index contributed by atoms with van der Waals surface area (Å²) in [5.74, 6) is 0. The van der Waals surface area contributed by atoms with Gasteiger partial charge in [-0.3, -0.25) is 4.79 Å². The summed E-state index contributed by atoms with van der Waals surface area (Å²) in [6.07, 6.45) is 2.17. The Morgan fingerprint density at radius 3 is 2.62 bits per heavy atom. The third-order valence-corrected chi connectivity index (χ3v) is 2.89. The quantitative estimate of drug-likeness (QED) is 0.730. The smallest absolute Gasteiger partial charge is 0.221 e. The van der Waals surface area contributed by atoms with Gasteiger partial charge in [-0.25, -0.2) is 0 Å². The van der Waals surface area contributed by atoms with Gasteiger partial charge in [0.2, 0.25) is 5.24 Å². The summed E-state index contributed by atoms with van der Waals surface area (Å²) in [4.78, 5) is 10.7. The van der Waals surface area contributed by atoms with Gasteiger partial charge in [-0.15, -0.1) is 0 Å². The lowest BCUT2D eigenvalue weighted by Gasteiger charge is -2.05. The Balaban J connectivity index is 2.20. The van der Waals surface area contributed by atoms with Crippen molar-refractivity contribution in [3.05, 3.63) is 48.0 Å². The van der Waals surface area contributed by atoms with Gasteiger partial charge < -0.3 is 0 Å². The summed E-state index contributed by atoms with van der Waals surface area (Å²) in [6, 6.07) is 14.6. The minimum absolute atomic E-state index is 0.250. The molecule has 0 radical (unpaired) electrons. The number of carbonyl (C=O) groups excluding carboxylic acids is 1. The summed E-state index contributed by atoms with van der Waals surface area (Å²) in [5, 5.41) is 2.27. The zero-order valence-corrected chi connectivity index (χ0v) is 9.70. The highest BCUT2D eigenvalue weighted by Gasteiger charge is 2.01. The number of halogens is 1. The molecule has 0 fully saturated rings. The predicted octanol–water partition coefficient (Wildman–Crippen LogP) is 3.93. The third kappa shape index (κ3) is 2.61. The van der Waals surface area contributed by atoms with E-state index in [1.54, 1.807) is 0 Å². The van der Waals surface area contributed by atoms with Gasteiger partial charge in [0.25, 0.3) is 0 Å². The maximum Gasteiger partial charge on any atom is 0.221 e. The monoisotopic (exact) mass is 232 g/mol. The lowest BCUT2D eigenvalue weighted by Crippen LogP contribution is -1.91. The number of fused-ring (bicyclic) bond motifs is 1. The van der Waals surface area contributed by atoms with E-state index in [0.717, 1.165) is 12.8 Å². The van der Waals surface area contributed by atoms with Crippen LogP contribution in [0.1, 0.15) is 18.4 Å². The SMILES string of the molecule is O=C(Cl)CCCc1cccc2ccccc12. The molecule has 0 saturated carbocycles. The van der Waals surface area contributed by atoms with Crippen molar-refractivity contribution in [1.29, 1.82) is 0 Å². The molecule has 0 atom stereocenters. The molecule has 1 nitrogen and oxygen atoms in total. The van der Waals surface area contributed by atoms with Crippen LogP contribution in [0.5, 0.6) is 0 Å². The zero-order chi connectivity index (χ0) is 11.4. The molecule has 0 bridgehead atoms. The molecular weight excluding hydrogens is 220 g/mol. The first-order valence-corrected chi connectivity index (χ1v) is 5.80. The summed E-state index contributed by atoms with van der Waals surface area (Å²) in [5.41, 5.74) is 1.29. The molecule has 16 heavy (non-hydrogen) atoms. The van der Waals surface area contributed by atoms with Crippen molar-refractivity contribution in [3.63, 3.8) is 0 Å². The van der Waals surface area contributed by atoms with Crippen LogP contribution in [0.2, 0.25) is 0 Å². The molecule has 0 aromatic heterocycles. The Labute approximate surface area is 100 Å². The molecule has 2 aromatic rings. The molecule has 0 aliphatic heterocycles. The van der Waals surface area contributed by atoms with E-state index in [4.69, 9.17) is 11.6 Å². The van der Waals surface area contributed by atoms with Crippen LogP contribution >= 0.6 is 11.6 Å². The molecule has 82 valence electrons.